The lowest BCUT2D eigenvalue weighted by Gasteiger charge is -2.19. The molecule has 5 rings (SSSR count). The molecule has 0 aromatic heterocycles. The molecule has 0 saturated carbocycles. The third-order valence-corrected chi connectivity index (χ3v) is 6.30. The van der Waals surface area contributed by atoms with Crippen molar-refractivity contribution in [3.63, 3.8) is 0 Å². The maximum atomic E-state index is 12.1. The van der Waals surface area contributed by atoms with E-state index in [-0.39, 0.29) is 10.8 Å². The van der Waals surface area contributed by atoms with Gasteiger partial charge in [0, 0.05) is 28.6 Å². The first-order valence-electron chi connectivity index (χ1n) is 11.6. The predicted octanol–water partition coefficient (Wildman–Crippen LogP) is 7.75. The molecule has 0 fully saturated rings. The quantitative estimate of drug-likeness (QED) is 0.264. The average molecular weight is 449 g/mol. The maximum absolute atomic E-state index is 12.1. The van der Waals surface area contributed by atoms with Crippen LogP contribution in [0.15, 0.2) is 94.1 Å². The van der Waals surface area contributed by atoms with E-state index in [2.05, 4.69) is 64.1 Å². The molecule has 0 N–H and O–H groups in total. The molecule has 1 heterocycles. The van der Waals surface area contributed by atoms with Crippen molar-refractivity contribution < 1.29 is 9.15 Å². The minimum atomic E-state index is -0.0718. The highest BCUT2D eigenvalue weighted by Crippen LogP contribution is 2.41. The largest absolute Gasteiger partial charge is 0.489 e. The van der Waals surface area contributed by atoms with E-state index in [1.54, 1.807) is 12.1 Å². The topological polar surface area (TPSA) is 39.4 Å². The van der Waals surface area contributed by atoms with Gasteiger partial charge in [-0.15, -0.1) is 0 Å². The SMILES string of the molecule is Cc1ccccc1-c1c2ccc(=O)cc-2oc2cc(OCc3ccc(C(C)(C)C)cc3)ccc12. The molecular weight excluding hydrogens is 420 g/mol. The highest BCUT2D eigenvalue weighted by Gasteiger charge is 2.19. The Morgan fingerprint density at radius 2 is 1.59 bits per heavy atom. The summed E-state index contributed by atoms with van der Waals surface area (Å²) in [5.74, 6) is 1.30. The molecule has 3 heteroatoms. The first-order chi connectivity index (χ1) is 16.3. The highest BCUT2D eigenvalue weighted by atomic mass is 16.5. The second-order valence-corrected chi connectivity index (χ2v) is 9.84. The second kappa shape index (κ2) is 8.49. The molecule has 3 aromatic rings. The van der Waals surface area contributed by atoms with E-state index in [1.807, 2.05) is 36.4 Å². The number of rotatable bonds is 4. The zero-order valence-electron chi connectivity index (χ0n) is 20.0. The van der Waals surface area contributed by atoms with Crippen molar-refractivity contribution in [2.24, 2.45) is 0 Å². The number of fused-ring (bicyclic) bond motifs is 2. The molecule has 2 aliphatic rings. The fourth-order valence-electron chi connectivity index (χ4n) is 4.35. The Balaban J connectivity index is 1.54. The van der Waals surface area contributed by atoms with Gasteiger partial charge in [-0.3, -0.25) is 4.79 Å². The lowest BCUT2D eigenvalue weighted by molar-refractivity contribution is 0.306. The number of benzene rings is 4. The molecule has 0 amide bonds. The van der Waals surface area contributed by atoms with Crippen LogP contribution in [-0.2, 0) is 12.0 Å². The van der Waals surface area contributed by atoms with Gasteiger partial charge in [0.1, 0.15) is 23.7 Å². The van der Waals surface area contributed by atoms with Crippen LogP contribution in [0.25, 0.3) is 33.4 Å². The van der Waals surface area contributed by atoms with E-state index >= 15 is 0 Å². The smallest absolute Gasteiger partial charge is 0.182 e. The van der Waals surface area contributed by atoms with Crippen molar-refractivity contribution in [2.45, 2.75) is 39.7 Å². The van der Waals surface area contributed by atoms with Crippen LogP contribution >= 0.6 is 0 Å². The van der Waals surface area contributed by atoms with Gasteiger partial charge in [0.05, 0.1) is 0 Å². The molecule has 0 bridgehead atoms. The van der Waals surface area contributed by atoms with Crippen LogP contribution in [-0.4, -0.2) is 0 Å². The monoisotopic (exact) mass is 448 g/mol. The average Bonchev–Trinajstić information content (AvgIpc) is 2.81. The van der Waals surface area contributed by atoms with Gasteiger partial charge in [-0.05, 0) is 58.9 Å². The van der Waals surface area contributed by atoms with Gasteiger partial charge in [-0.1, -0.05) is 69.3 Å². The standard InChI is InChI=1S/C31H28O3/c1-20-7-5-6-8-25(20)30-26-15-13-23(32)17-28(26)34-29-18-24(14-16-27(29)30)33-19-21-9-11-22(12-10-21)31(2,3)4/h5-18H,19H2,1-4H3. The lowest BCUT2D eigenvalue weighted by Crippen LogP contribution is -2.10. The molecule has 3 aromatic carbocycles. The van der Waals surface area contributed by atoms with Crippen molar-refractivity contribution in [1.29, 1.82) is 0 Å². The predicted molar refractivity (Wildman–Crippen MR) is 139 cm³/mol. The lowest BCUT2D eigenvalue weighted by atomic mass is 9.87. The van der Waals surface area contributed by atoms with Gasteiger partial charge in [-0.2, -0.15) is 0 Å². The maximum Gasteiger partial charge on any atom is 0.182 e. The van der Waals surface area contributed by atoms with Gasteiger partial charge in [0.25, 0.3) is 0 Å². The fourth-order valence-corrected chi connectivity index (χ4v) is 4.35. The van der Waals surface area contributed by atoms with E-state index in [9.17, 15) is 4.79 Å². The van der Waals surface area contributed by atoms with Gasteiger partial charge in [0.2, 0.25) is 0 Å². The van der Waals surface area contributed by atoms with E-state index in [0.717, 1.165) is 33.4 Å². The Morgan fingerprint density at radius 3 is 2.32 bits per heavy atom. The van der Waals surface area contributed by atoms with Crippen LogP contribution in [0.5, 0.6) is 5.75 Å². The molecule has 34 heavy (non-hydrogen) atoms. The van der Waals surface area contributed by atoms with Crippen molar-refractivity contribution >= 4 is 11.0 Å². The summed E-state index contributed by atoms with van der Waals surface area (Å²) in [7, 11) is 0. The Kier molecular flexibility index (Phi) is 5.49. The van der Waals surface area contributed by atoms with Crippen molar-refractivity contribution in [1.82, 2.24) is 0 Å². The normalized spacial score (nSPS) is 11.8. The summed E-state index contributed by atoms with van der Waals surface area (Å²) in [6, 6.07) is 27.8. The highest BCUT2D eigenvalue weighted by molar-refractivity contribution is 6.02. The number of hydrogen-bond donors (Lipinski definition) is 0. The Bertz CT molecular complexity index is 1500. The van der Waals surface area contributed by atoms with Crippen LogP contribution in [0.4, 0.5) is 0 Å². The van der Waals surface area contributed by atoms with Crippen LogP contribution in [0.3, 0.4) is 0 Å². The summed E-state index contributed by atoms with van der Waals surface area (Å²) in [6.45, 7) is 9.20. The van der Waals surface area contributed by atoms with Gasteiger partial charge in [-0.25, -0.2) is 0 Å². The fraction of sp³-hybridized carbons (Fsp3) is 0.194. The van der Waals surface area contributed by atoms with E-state index in [4.69, 9.17) is 9.15 Å². The molecule has 170 valence electrons. The number of aryl methyl sites for hydroxylation is 1. The van der Waals surface area contributed by atoms with Gasteiger partial charge < -0.3 is 9.15 Å². The van der Waals surface area contributed by atoms with E-state index < -0.39 is 0 Å². The third-order valence-electron chi connectivity index (χ3n) is 6.30. The Morgan fingerprint density at radius 1 is 0.824 bits per heavy atom. The van der Waals surface area contributed by atoms with Crippen molar-refractivity contribution in [2.75, 3.05) is 0 Å². The number of ether oxygens (including phenoxy) is 1. The number of hydrogen-bond acceptors (Lipinski definition) is 3. The molecule has 0 saturated heterocycles. The van der Waals surface area contributed by atoms with Crippen LogP contribution in [0.1, 0.15) is 37.5 Å². The molecule has 0 spiro atoms. The third kappa shape index (κ3) is 4.22. The zero-order chi connectivity index (χ0) is 23.9. The summed E-state index contributed by atoms with van der Waals surface area (Å²) in [4.78, 5) is 12.1. The molecule has 3 nitrogen and oxygen atoms in total. The Hall–Kier alpha value is -3.85. The van der Waals surface area contributed by atoms with Gasteiger partial charge in [0.15, 0.2) is 5.43 Å². The first-order valence-corrected chi connectivity index (χ1v) is 11.6. The molecule has 0 unspecified atom stereocenters. The molecule has 0 radical (unpaired) electrons. The van der Waals surface area contributed by atoms with E-state index in [0.29, 0.717) is 18.0 Å². The molecule has 0 atom stereocenters. The molecule has 1 aliphatic carbocycles. The summed E-state index contributed by atoms with van der Waals surface area (Å²) in [5, 5.41) is 0.988. The van der Waals surface area contributed by atoms with Crippen LogP contribution in [0.2, 0.25) is 0 Å². The summed E-state index contributed by atoms with van der Waals surface area (Å²) in [5.41, 5.74) is 7.44. The summed E-state index contributed by atoms with van der Waals surface area (Å²) in [6.07, 6.45) is 0. The summed E-state index contributed by atoms with van der Waals surface area (Å²) >= 11 is 0. The minimum Gasteiger partial charge on any atom is -0.489 e. The summed E-state index contributed by atoms with van der Waals surface area (Å²) < 4.78 is 12.3. The zero-order valence-corrected chi connectivity index (χ0v) is 20.0. The van der Waals surface area contributed by atoms with E-state index in [1.165, 1.54) is 11.1 Å². The second-order valence-electron chi connectivity index (χ2n) is 9.84. The van der Waals surface area contributed by atoms with Crippen LogP contribution in [0, 0.1) is 6.92 Å². The van der Waals surface area contributed by atoms with Crippen molar-refractivity contribution in [3.8, 4) is 28.2 Å². The first kappa shape index (κ1) is 22.0. The minimum absolute atomic E-state index is 0.0718. The molecular formula is C31H28O3. The van der Waals surface area contributed by atoms with Crippen molar-refractivity contribution in [3.05, 3.63) is 112 Å². The van der Waals surface area contributed by atoms with Crippen LogP contribution < -0.4 is 10.2 Å². The molecule has 1 aliphatic heterocycles. The van der Waals surface area contributed by atoms with Gasteiger partial charge >= 0.3 is 0 Å². The Labute approximate surface area is 200 Å².